The predicted molar refractivity (Wildman–Crippen MR) is 117 cm³/mol. The number of nitrogens with zero attached hydrogens (tertiary/aromatic N) is 1. The highest BCUT2D eigenvalue weighted by atomic mass is 19.2. The van der Waals surface area contributed by atoms with Crippen molar-refractivity contribution in [2.45, 2.75) is 20.0 Å². The average Bonchev–Trinajstić information content (AvgIpc) is 3.16. The first-order chi connectivity index (χ1) is 15.4. The Morgan fingerprint density at radius 1 is 0.938 bits per heavy atom. The number of carbonyl (C=O) groups is 1. The summed E-state index contributed by atoms with van der Waals surface area (Å²) in [5, 5.41) is 6.54. The van der Waals surface area contributed by atoms with Gasteiger partial charge < -0.3 is 9.26 Å². The summed E-state index contributed by atoms with van der Waals surface area (Å²) in [7, 11) is 0. The molecule has 1 unspecified atom stereocenters. The van der Waals surface area contributed by atoms with E-state index in [0.29, 0.717) is 22.7 Å². The molecule has 1 amide bonds. The van der Waals surface area contributed by atoms with Gasteiger partial charge in [-0.05, 0) is 31.0 Å². The fourth-order valence-electron chi connectivity index (χ4n) is 3.35. The maximum atomic E-state index is 14.0. The number of amides is 1. The molecular weight excluding hydrogens is 414 g/mol. The van der Waals surface area contributed by atoms with Gasteiger partial charge in [-0.2, -0.15) is 0 Å². The summed E-state index contributed by atoms with van der Waals surface area (Å²) in [6, 6.07) is 21.2. The zero-order valence-electron chi connectivity index (χ0n) is 17.4. The Morgan fingerprint density at radius 2 is 1.59 bits per heavy atom. The van der Waals surface area contributed by atoms with E-state index in [4.69, 9.17) is 9.26 Å². The maximum Gasteiger partial charge on any atom is 0.412 e. The van der Waals surface area contributed by atoms with Gasteiger partial charge in [0.25, 0.3) is 0 Å². The van der Waals surface area contributed by atoms with Crippen molar-refractivity contribution in [3.63, 3.8) is 0 Å². The van der Waals surface area contributed by atoms with Crippen LogP contribution in [0.4, 0.5) is 19.3 Å². The van der Waals surface area contributed by atoms with Gasteiger partial charge in [-0.15, -0.1) is 0 Å². The van der Waals surface area contributed by atoms with Crippen molar-refractivity contribution in [2.24, 2.45) is 0 Å². The topological polar surface area (TPSA) is 64.4 Å². The SMILES string of the molecule is Cc1noc(-c2ccc(-c3ccccc3)cc2)c1NC(=O)OC(C)c1cccc(F)c1F. The van der Waals surface area contributed by atoms with Crippen molar-refractivity contribution in [3.8, 4) is 22.5 Å². The molecule has 0 saturated carbocycles. The maximum absolute atomic E-state index is 14.0. The average molecular weight is 434 g/mol. The van der Waals surface area contributed by atoms with Gasteiger partial charge in [0.15, 0.2) is 17.4 Å². The van der Waals surface area contributed by atoms with Crippen molar-refractivity contribution in [1.82, 2.24) is 5.16 Å². The lowest BCUT2D eigenvalue weighted by molar-refractivity contribution is 0.118. The summed E-state index contributed by atoms with van der Waals surface area (Å²) in [5.41, 5.74) is 3.56. The smallest absolute Gasteiger partial charge is 0.412 e. The molecular formula is C25H20F2N2O3. The zero-order chi connectivity index (χ0) is 22.7. The third kappa shape index (κ3) is 4.37. The Labute approximate surface area is 183 Å². The van der Waals surface area contributed by atoms with Crippen LogP contribution in [0, 0.1) is 18.6 Å². The van der Waals surface area contributed by atoms with Crippen LogP contribution in [0.1, 0.15) is 24.3 Å². The third-order valence-corrected chi connectivity index (χ3v) is 5.05. The molecule has 7 heteroatoms. The lowest BCUT2D eigenvalue weighted by atomic mass is 10.0. The van der Waals surface area contributed by atoms with E-state index in [1.54, 1.807) is 6.92 Å². The van der Waals surface area contributed by atoms with Crippen molar-refractivity contribution in [3.05, 3.63) is 95.7 Å². The van der Waals surface area contributed by atoms with Gasteiger partial charge in [-0.3, -0.25) is 5.32 Å². The number of aromatic nitrogens is 1. The van der Waals surface area contributed by atoms with Crippen LogP contribution >= 0.6 is 0 Å². The second kappa shape index (κ2) is 9.01. The van der Waals surface area contributed by atoms with Crippen molar-refractivity contribution in [2.75, 3.05) is 5.32 Å². The van der Waals surface area contributed by atoms with Gasteiger partial charge in [-0.25, -0.2) is 13.6 Å². The Hall–Kier alpha value is -4.00. The first kappa shape index (κ1) is 21.2. The fourth-order valence-corrected chi connectivity index (χ4v) is 3.35. The van der Waals surface area contributed by atoms with E-state index < -0.39 is 23.8 Å². The van der Waals surface area contributed by atoms with Crippen LogP contribution in [0.5, 0.6) is 0 Å². The molecule has 0 spiro atoms. The molecule has 0 bridgehead atoms. The number of rotatable bonds is 5. The van der Waals surface area contributed by atoms with E-state index in [2.05, 4.69) is 10.5 Å². The Balaban J connectivity index is 1.51. The number of halogens is 2. The lowest BCUT2D eigenvalue weighted by Crippen LogP contribution is -2.17. The van der Waals surface area contributed by atoms with Crippen LogP contribution in [0.15, 0.2) is 77.3 Å². The van der Waals surface area contributed by atoms with E-state index in [1.807, 2.05) is 54.6 Å². The molecule has 1 atom stereocenters. The number of anilines is 1. The Kier molecular flexibility index (Phi) is 5.98. The molecule has 1 N–H and O–H groups in total. The highest BCUT2D eigenvalue weighted by Gasteiger charge is 2.22. The molecule has 0 radical (unpaired) electrons. The van der Waals surface area contributed by atoms with E-state index in [9.17, 15) is 13.6 Å². The number of hydrogen-bond acceptors (Lipinski definition) is 4. The highest BCUT2D eigenvalue weighted by molar-refractivity contribution is 5.91. The predicted octanol–water partition coefficient (Wildman–Crippen LogP) is 6.90. The standard InChI is InChI=1S/C25H20F2N2O3/c1-15-23(28-25(30)31-16(2)20-9-6-10-21(26)22(20)27)24(32-29-15)19-13-11-18(12-14-19)17-7-4-3-5-8-17/h3-14,16H,1-2H3,(H,28,30). The van der Waals surface area contributed by atoms with Crippen LogP contribution in [-0.4, -0.2) is 11.2 Å². The molecule has 0 fully saturated rings. The van der Waals surface area contributed by atoms with Gasteiger partial charge in [-0.1, -0.05) is 71.9 Å². The van der Waals surface area contributed by atoms with Crippen LogP contribution in [0.2, 0.25) is 0 Å². The molecule has 3 aromatic carbocycles. The molecule has 0 aliphatic rings. The minimum Gasteiger partial charge on any atom is -0.441 e. The lowest BCUT2D eigenvalue weighted by Gasteiger charge is -2.15. The summed E-state index contributed by atoms with van der Waals surface area (Å²) >= 11 is 0. The first-order valence-electron chi connectivity index (χ1n) is 9.97. The molecule has 162 valence electrons. The minimum absolute atomic E-state index is 0.0566. The largest absolute Gasteiger partial charge is 0.441 e. The number of ether oxygens (including phenoxy) is 1. The molecule has 0 aliphatic heterocycles. The van der Waals surface area contributed by atoms with Gasteiger partial charge in [0.1, 0.15) is 17.5 Å². The molecule has 0 aliphatic carbocycles. The molecule has 5 nitrogen and oxygen atoms in total. The number of carbonyl (C=O) groups excluding carboxylic acids is 1. The summed E-state index contributed by atoms with van der Waals surface area (Å²) in [4.78, 5) is 12.4. The van der Waals surface area contributed by atoms with Crippen LogP contribution in [0.25, 0.3) is 22.5 Å². The van der Waals surface area contributed by atoms with E-state index in [-0.39, 0.29) is 5.56 Å². The highest BCUT2D eigenvalue weighted by Crippen LogP contribution is 2.33. The van der Waals surface area contributed by atoms with Crippen molar-refractivity contribution >= 4 is 11.8 Å². The van der Waals surface area contributed by atoms with Crippen molar-refractivity contribution in [1.29, 1.82) is 0 Å². The van der Waals surface area contributed by atoms with Crippen LogP contribution in [0.3, 0.4) is 0 Å². The minimum atomic E-state index is -1.05. The number of aryl methyl sites for hydroxylation is 1. The molecule has 1 aromatic heterocycles. The van der Waals surface area contributed by atoms with Gasteiger partial charge in [0.05, 0.1) is 0 Å². The quantitative estimate of drug-likeness (QED) is 0.371. The Morgan fingerprint density at radius 3 is 2.31 bits per heavy atom. The zero-order valence-corrected chi connectivity index (χ0v) is 17.4. The fraction of sp³-hybridized carbons (Fsp3) is 0.120. The molecule has 4 aromatic rings. The van der Waals surface area contributed by atoms with Crippen LogP contribution in [-0.2, 0) is 4.74 Å². The summed E-state index contributed by atoms with van der Waals surface area (Å²) in [6.07, 6.45) is -1.84. The number of benzene rings is 3. The van der Waals surface area contributed by atoms with Gasteiger partial charge in [0.2, 0.25) is 0 Å². The first-order valence-corrected chi connectivity index (χ1v) is 9.97. The molecule has 1 heterocycles. The third-order valence-electron chi connectivity index (χ3n) is 5.05. The van der Waals surface area contributed by atoms with Gasteiger partial charge >= 0.3 is 6.09 Å². The van der Waals surface area contributed by atoms with Crippen LogP contribution < -0.4 is 5.32 Å². The summed E-state index contributed by atoms with van der Waals surface area (Å²) in [6.45, 7) is 3.14. The van der Waals surface area contributed by atoms with Crippen molar-refractivity contribution < 1.29 is 22.8 Å². The second-order valence-corrected chi connectivity index (χ2v) is 7.23. The molecule has 32 heavy (non-hydrogen) atoms. The monoisotopic (exact) mass is 434 g/mol. The molecule has 4 rings (SSSR count). The normalized spacial score (nSPS) is 11.8. The Bertz CT molecular complexity index is 1240. The second-order valence-electron chi connectivity index (χ2n) is 7.23. The number of hydrogen-bond donors (Lipinski definition) is 1. The van der Waals surface area contributed by atoms with Gasteiger partial charge in [0, 0.05) is 11.1 Å². The molecule has 0 saturated heterocycles. The summed E-state index contributed by atoms with van der Waals surface area (Å²) in [5.74, 6) is -1.69. The summed E-state index contributed by atoms with van der Waals surface area (Å²) < 4.78 is 38.1. The van der Waals surface area contributed by atoms with E-state index >= 15 is 0 Å². The number of nitrogens with one attached hydrogen (secondary N) is 1. The van der Waals surface area contributed by atoms with E-state index in [0.717, 1.165) is 17.2 Å². The van der Waals surface area contributed by atoms with E-state index in [1.165, 1.54) is 19.1 Å².